The number of rotatable bonds is 4. The average Bonchev–Trinajstić information content (AvgIpc) is 2.86. The van der Waals surface area contributed by atoms with E-state index >= 15 is 0 Å². The summed E-state index contributed by atoms with van der Waals surface area (Å²) in [6, 6.07) is 10.3. The molecule has 94 valence electrons. The first-order valence-corrected chi connectivity index (χ1v) is 6.26. The summed E-state index contributed by atoms with van der Waals surface area (Å²) in [7, 11) is 1.32. The Bertz CT molecular complexity index is 530. The number of aromatic hydroxyl groups is 1. The van der Waals surface area contributed by atoms with Crippen LogP contribution >= 0.6 is 11.8 Å². The van der Waals surface area contributed by atoms with Gasteiger partial charge in [0.25, 0.3) is 0 Å². The van der Waals surface area contributed by atoms with Crippen LogP contribution in [0.25, 0.3) is 0 Å². The lowest BCUT2D eigenvalue weighted by Gasteiger charge is -1.99. The van der Waals surface area contributed by atoms with Gasteiger partial charge in [0, 0.05) is 4.90 Å². The van der Waals surface area contributed by atoms with Crippen molar-refractivity contribution in [3.05, 3.63) is 47.9 Å². The van der Waals surface area contributed by atoms with E-state index < -0.39 is 5.97 Å². The van der Waals surface area contributed by atoms with Crippen LogP contribution in [0.4, 0.5) is 0 Å². The number of carbonyl (C=O) groups excluding carboxylic acids is 1. The summed E-state index contributed by atoms with van der Waals surface area (Å²) < 4.78 is 9.90. The minimum absolute atomic E-state index is 0.207. The molecule has 1 aromatic heterocycles. The normalized spacial score (nSPS) is 10.3. The topological polar surface area (TPSA) is 59.7 Å². The number of hydrogen-bond donors (Lipinski definition) is 1. The van der Waals surface area contributed by atoms with Crippen LogP contribution in [-0.2, 0) is 10.5 Å². The highest BCUT2D eigenvalue weighted by Crippen LogP contribution is 2.25. The number of thioether (sulfide) groups is 1. The zero-order valence-electron chi connectivity index (χ0n) is 9.75. The van der Waals surface area contributed by atoms with Crippen LogP contribution in [0.3, 0.4) is 0 Å². The molecule has 0 radical (unpaired) electrons. The van der Waals surface area contributed by atoms with Gasteiger partial charge in [-0.1, -0.05) is 0 Å². The zero-order valence-corrected chi connectivity index (χ0v) is 10.6. The molecule has 0 fully saturated rings. The first-order valence-electron chi connectivity index (χ1n) is 5.28. The van der Waals surface area contributed by atoms with E-state index in [1.165, 1.54) is 7.11 Å². The molecule has 0 unspecified atom stereocenters. The number of phenolic OH excluding ortho intramolecular Hbond substituents is 1. The van der Waals surface area contributed by atoms with Crippen LogP contribution in [0, 0.1) is 0 Å². The largest absolute Gasteiger partial charge is 0.508 e. The predicted molar refractivity (Wildman–Crippen MR) is 67.7 cm³/mol. The maximum Gasteiger partial charge on any atom is 0.373 e. The van der Waals surface area contributed by atoms with E-state index in [0.29, 0.717) is 11.5 Å². The van der Waals surface area contributed by atoms with Gasteiger partial charge in [0.2, 0.25) is 5.76 Å². The number of phenols is 1. The Balaban J connectivity index is 1.96. The first-order chi connectivity index (χ1) is 8.69. The minimum Gasteiger partial charge on any atom is -0.508 e. The molecule has 5 heteroatoms. The third kappa shape index (κ3) is 3.07. The van der Waals surface area contributed by atoms with Crippen molar-refractivity contribution in [2.45, 2.75) is 10.6 Å². The van der Waals surface area contributed by atoms with Crippen molar-refractivity contribution in [1.29, 1.82) is 0 Å². The van der Waals surface area contributed by atoms with E-state index in [1.54, 1.807) is 36.0 Å². The molecule has 0 aliphatic rings. The van der Waals surface area contributed by atoms with Crippen molar-refractivity contribution >= 4 is 17.7 Å². The summed E-state index contributed by atoms with van der Waals surface area (Å²) in [5.41, 5.74) is 0. The summed E-state index contributed by atoms with van der Waals surface area (Å²) in [4.78, 5) is 12.2. The second kappa shape index (κ2) is 5.64. The lowest BCUT2D eigenvalue weighted by molar-refractivity contribution is 0.0563. The molecule has 1 heterocycles. The fraction of sp³-hybridized carbons (Fsp3) is 0.154. The highest BCUT2D eigenvalue weighted by molar-refractivity contribution is 7.98. The van der Waals surface area contributed by atoms with E-state index in [0.717, 1.165) is 4.90 Å². The van der Waals surface area contributed by atoms with Crippen molar-refractivity contribution in [2.24, 2.45) is 0 Å². The van der Waals surface area contributed by atoms with Gasteiger partial charge < -0.3 is 14.3 Å². The standard InChI is InChI=1S/C13H12O4S/c1-16-13(15)12-7-4-10(17-12)8-18-11-5-2-9(14)3-6-11/h2-7,14H,8H2,1H3. The number of hydrogen-bond acceptors (Lipinski definition) is 5. The van der Waals surface area contributed by atoms with Crippen LogP contribution in [-0.4, -0.2) is 18.2 Å². The molecule has 0 bridgehead atoms. The number of esters is 1. The summed E-state index contributed by atoms with van der Waals surface area (Å²) in [5.74, 6) is 1.29. The highest BCUT2D eigenvalue weighted by Gasteiger charge is 2.10. The quantitative estimate of drug-likeness (QED) is 0.679. The van der Waals surface area contributed by atoms with E-state index in [-0.39, 0.29) is 11.5 Å². The predicted octanol–water partition coefficient (Wildman–Crippen LogP) is 3.06. The van der Waals surface area contributed by atoms with E-state index in [1.807, 2.05) is 12.1 Å². The molecule has 18 heavy (non-hydrogen) atoms. The molecular formula is C13H12O4S. The van der Waals surface area contributed by atoms with Crippen LogP contribution in [0.15, 0.2) is 45.7 Å². The molecule has 0 aliphatic heterocycles. The fourth-order valence-electron chi connectivity index (χ4n) is 1.36. The van der Waals surface area contributed by atoms with Crippen LogP contribution in [0.2, 0.25) is 0 Å². The van der Waals surface area contributed by atoms with Crippen molar-refractivity contribution < 1.29 is 19.1 Å². The summed E-state index contributed by atoms with van der Waals surface area (Å²) in [5, 5.41) is 9.15. The van der Waals surface area contributed by atoms with Gasteiger partial charge in [-0.2, -0.15) is 0 Å². The first kappa shape index (κ1) is 12.6. The molecule has 4 nitrogen and oxygen atoms in total. The zero-order chi connectivity index (χ0) is 13.0. The third-order valence-electron chi connectivity index (χ3n) is 2.27. The van der Waals surface area contributed by atoms with E-state index in [4.69, 9.17) is 9.52 Å². The van der Waals surface area contributed by atoms with Gasteiger partial charge in [-0.05, 0) is 36.4 Å². The summed E-state index contributed by atoms with van der Waals surface area (Å²) >= 11 is 1.56. The molecule has 2 rings (SSSR count). The smallest absolute Gasteiger partial charge is 0.373 e. The Labute approximate surface area is 109 Å². The van der Waals surface area contributed by atoms with Gasteiger partial charge >= 0.3 is 5.97 Å². The highest BCUT2D eigenvalue weighted by atomic mass is 32.2. The molecule has 0 spiro atoms. The van der Waals surface area contributed by atoms with Crippen LogP contribution < -0.4 is 0 Å². The molecule has 0 atom stereocenters. The van der Waals surface area contributed by atoms with E-state index in [9.17, 15) is 4.79 Å². The Morgan fingerprint density at radius 2 is 2.00 bits per heavy atom. The van der Waals surface area contributed by atoms with Crippen molar-refractivity contribution in [3.63, 3.8) is 0 Å². The number of benzene rings is 1. The minimum atomic E-state index is -0.476. The van der Waals surface area contributed by atoms with Gasteiger partial charge in [0.15, 0.2) is 0 Å². The molecule has 1 N–H and O–H groups in total. The average molecular weight is 264 g/mol. The summed E-state index contributed by atoms with van der Waals surface area (Å²) in [6.07, 6.45) is 0. The SMILES string of the molecule is COC(=O)c1ccc(CSc2ccc(O)cc2)o1. The Kier molecular flexibility index (Phi) is 3.94. The van der Waals surface area contributed by atoms with Crippen LogP contribution in [0.5, 0.6) is 5.75 Å². The third-order valence-corrected chi connectivity index (χ3v) is 3.30. The molecule has 0 saturated heterocycles. The van der Waals surface area contributed by atoms with Crippen LogP contribution in [0.1, 0.15) is 16.3 Å². The monoisotopic (exact) mass is 264 g/mol. The van der Waals surface area contributed by atoms with Gasteiger partial charge in [-0.3, -0.25) is 0 Å². The molecule has 0 amide bonds. The van der Waals surface area contributed by atoms with Gasteiger partial charge in [0.1, 0.15) is 11.5 Å². The molecular weight excluding hydrogens is 252 g/mol. The lowest BCUT2D eigenvalue weighted by Crippen LogP contribution is -1.98. The van der Waals surface area contributed by atoms with Crippen molar-refractivity contribution in [3.8, 4) is 5.75 Å². The maximum atomic E-state index is 11.2. The molecule has 2 aromatic rings. The molecule has 0 aliphatic carbocycles. The van der Waals surface area contributed by atoms with Gasteiger partial charge in [-0.25, -0.2) is 4.79 Å². The number of methoxy groups -OCH3 is 1. The maximum absolute atomic E-state index is 11.2. The number of ether oxygens (including phenoxy) is 1. The Morgan fingerprint density at radius 1 is 1.28 bits per heavy atom. The second-order valence-corrected chi connectivity index (χ2v) is 4.59. The number of furan rings is 1. The van der Waals surface area contributed by atoms with Gasteiger partial charge in [0.05, 0.1) is 12.9 Å². The Morgan fingerprint density at radius 3 is 2.67 bits per heavy atom. The molecule has 1 aromatic carbocycles. The van der Waals surface area contributed by atoms with Gasteiger partial charge in [-0.15, -0.1) is 11.8 Å². The van der Waals surface area contributed by atoms with E-state index in [2.05, 4.69) is 4.74 Å². The molecule has 0 saturated carbocycles. The second-order valence-electron chi connectivity index (χ2n) is 3.54. The summed E-state index contributed by atoms with van der Waals surface area (Å²) in [6.45, 7) is 0. The van der Waals surface area contributed by atoms with Crippen molar-refractivity contribution in [1.82, 2.24) is 0 Å². The Hall–Kier alpha value is -1.88. The number of carbonyl (C=O) groups is 1. The fourth-order valence-corrected chi connectivity index (χ4v) is 2.16. The van der Waals surface area contributed by atoms with Crippen molar-refractivity contribution in [2.75, 3.05) is 7.11 Å². The lowest BCUT2D eigenvalue weighted by atomic mass is 10.3.